The Labute approximate surface area is 124 Å². The maximum Gasteiger partial charge on any atom is 0.148 e. The Bertz CT molecular complexity index is 730. The van der Waals surface area contributed by atoms with E-state index in [2.05, 4.69) is 45.2 Å². The van der Waals surface area contributed by atoms with E-state index in [-0.39, 0.29) is 0 Å². The molecular weight excluding hydrogens is 262 g/mol. The maximum atomic E-state index is 4.75. The smallest absolute Gasteiger partial charge is 0.148 e. The highest BCUT2D eigenvalue weighted by Crippen LogP contribution is 2.18. The third-order valence-corrected chi connectivity index (χ3v) is 3.50. The molecule has 1 N–H and O–H groups in total. The Morgan fingerprint density at radius 3 is 2.67 bits per heavy atom. The number of para-hydroxylation sites is 2. The number of rotatable bonds is 5. The van der Waals surface area contributed by atoms with E-state index >= 15 is 0 Å². The van der Waals surface area contributed by atoms with Crippen molar-refractivity contribution in [2.75, 3.05) is 12.4 Å². The van der Waals surface area contributed by atoms with Gasteiger partial charge >= 0.3 is 0 Å². The van der Waals surface area contributed by atoms with Crippen LogP contribution in [0.15, 0.2) is 36.4 Å². The number of nitrogens with zero attached hydrogens (tertiary/aromatic N) is 4. The van der Waals surface area contributed by atoms with Gasteiger partial charge in [-0.15, -0.1) is 5.10 Å². The number of fused-ring (bicyclic) bond motifs is 1. The fourth-order valence-electron chi connectivity index (χ4n) is 2.48. The summed E-state index contributed by atoms with van der Waals surface area (Å²) in [4.78, 5) is 4.75. The molecule has 0 radical (unpaired) electrons. The molecule has 0 amide bonds. The van der Waals surface area contributed by atoms with Crippen molar-refractivity contribution in [3.63, 3.8) is 0 Å². The summed E-state index contributed by atoms with van der Waals surface area (Å²) in [7, 11) is 1.84. The van der Waals surface area contributed by atoms with Gasteiger partial charge in [-0.05, 0) is 30.7 Å². The number of aromatic nitrogens is 4. The van der Waals surface area contributed by atoms with Gasteiger partial charge < -0.3 is 9.88 Å². The first-order chi connectivity index (χ1) is 10.3. The zero-order valence-electron chi connectivity index (χ0n) is 12.4. The van der Waals surface area contributed by atoms with Crippen LogP contribution in [-0.4, -0.2) is 26.8 Å². The average Bonchev–Trinajstić information content (AvgIpc) is 2.86. The Kier molecular flexibility index (Phi) is 3.81. The van der Waals surface area contributed by atoms with Crippen molar-refractivity contribution < 1.29 is 0 Å². The van der Waals surface area contributed by atoms with Crippen LogP contribution in [0.5, 0.6) is 0 Å². The first kappa shape index (κ1) is 13.5. The van der Waals surface area contributed by atoms with E-state index in [0.717, 1.165) is 35.8 Å². The number of anilines is 1. The Morgan fingerprint density at radius 2 is 1.95 bits per heavy atom. The van der Waals surface area contributed by atoms with E-state index in [1.165, 1.54) is 5.52 Å². The summed E-state index contributed by atoms with van der Waals surface area (Å²) >= 11 is 0. The zero-order chi connectivity index (χ0) is 14.7. The van der Waals surface area contributed by atoms with Gasteiger partial charge in [0.1, 0.15) is 11.6 Å². The first-order valence-electron chi connectivity index (χ1n) is 7.26. The largest absolute Gasteiger partial charge is 0.372 e. The Hall–Kier alpha value is -2.43. The van der Waals surface area contributed by atoms with Crippen LogP contribution >= 0.6 is 0 Å². The lowest BCUT2D eigenvalue weighted by Gasteiger charge is -2.07. The summed E-state index contributed by atoms with van der Waals surface area (Å²) in [5.74, 6) is 1.82. The van der Waals surface area contributed by atoms with Crippen molar-refractivity contribution in [2.24, 2.45) is 0 Å². The SMILES string of the molecule is CCCn1c(Cc2ccc(NC)nn2)nc2ccccc21. The second kappa shape index (κ2) is 5.91. The third kappa shape index (κ3) is 2.72. The highest BCUT2D eigenvalue weighted by molar-refractivity contribution is 5.76. The fraction of sp³-hybridized carbons (Fsp3) is 0.312. The molecule has 0 aliphatic rings. The Morgan fingerprint density at radius 1 is 1.10 bits per heavy atom. The summed E-state index contributed by atoms with van der Waals surface area (Å²) in [5, 5.41) is 11.4. The normalized spacial score (nSPS) is 11.0. The summed E-state index contributed by atoms with van der Waals surface area (Å²) in [5.41, 5.74) is 3.16. The van der Waals surface area contributed by atoms with E-state index in [4.69, 9.17) is 4.98 Å². The second-order valence-electron chi connectivity index (χ2n) is 5.01. The van der Waals surface area contributed by atoms with E-state index in [1.807, 2.05) is 25.2 Å². The molecule has 0 saturated heterocycles. The molecule has 0 aliphatic carbocycles. The van der Waals surface area contributed by atoms with Crippen LogP contribution in [0.3, 0.4) is 0 Å². The molecule has 0 bridgehead atoms. The Balaban J connectivity index is 1.96. The molecule has 5 nitrogen and oxygen atoms in total. The van der Waals surface area contributed by atoms with Crippen LogP contribution in [0.25, 0.3) is 11.0 Å². The second-order valence-corrected chi connectivity index (χ2v) is 5.01. The molecular formula is C16H19N5. The van der Waals surface area contributed by atoms with E-state index in [0.29, 0.717) is 6.42 Å². The first-order valence-corrected chi connectivity index (χ1v) is 7.26. The molecule has 2 aromatic heterocycles. The molecule has 5 heteroatoms. The van der Waals surface area contributed by atoms with Crippen LogP contribution in [0, 0.1) is 0 Å². The molecule has 0 aliphatic heterocycles. The van der Waals surface area contributed by atoms with Gasteiger partial charge in [0.15, 0.2) is 0 Å². The van der Waals surface area contributed by atoms with Gasteiger partial charge in [0, 0.05) is 13.6 Å². The van der Waals surface area contributed by atoms with Crippen molar-refractivity contribution in [3.05, 3.63) is 47.9 Å². The van der Waals surface area contributed by atoms with Crippen LogP contribution < -0.4 is 5.32 Å². The van der Waals surface area contributed by atoms with Gasteiger partial charge in [-0.1, -0.05) is 19.1 Å². The van der Waals surface area contributed by atoms with Crippen LogP contribution in [0.4, 0.5) is 5.82 Å². The van der Waals surface area contributed by atoms with Gasteiger partial charge in [-0.3, -0.25) is 0 Å². The highest BCUT2D eigenvalue weighted by Gasteiger charge is 2.11. The molecule has 0 fully saturated rings. The summed E-state index contributed by atoms with van der Waals surface area (Å²) in [6.45, 7) is 3.15. The lowest BCUT2D eigenvalue weighted by Crippen LogP contribution is -2.06. The molecule has 0 saturated carbocycles. The predicted octanol–water partition coefficient (Wildman–Crippen LogP) is 2.87. The van der Waals surface area contributed by atoms with Crippen LogP contribution in [0.1, 0.15) is 24.9 Å². The monoisotopic (exact) mass is 281 g/mol. The molecule has 3 rings (SSSR count). The van der Waals surface area contributed by atoms with Crippen LogP contribution in [0.2, 0.25) is 0 Å². The van der Waals surface area contributed by atoms with Crippen molar-refractivity contribution >= 4 is 16.9 Å². The number of imidazole rings is 1. The third-order valence-electron chi connectivity index (χ3n) is 3.50. The minimum absolute atomic E-state index is 0.700. The van der Waals surface area contributed by atoms with Crippen molar-refractivity contribution in [3.8, 4) is 0 Å². The van der Waals surface area contributed by atoms with E-state index in [9.17, 15) is 0 Å². The molecule has 1 aromatic carbocycles. The quantitative estimate of drug-likeness (QED) is 0.781. The molecule has 0 spiro atoms. The molecule has 3 aromatic rings. The summed E-state index contributed by atoms with van der Waals surface area (Å²) in [6, 6.07) is 12.2. The van der Waals surface area contributed by atoms with Gasteiger partial charge in [-0.2, -0.15) is 5.10 Å². The number of hydrogen-bond acceptors (Lipinski definition) is 4. The lowest BCUT2D eigenvalue weighted by atomic mass is 10.2. The van der Waals surface area contributed by atoms with Crippen molar-refractivity contribution in [2.45, 2.75) is 26.3 Å². The van der Waals surface area contributed by atoms with Gasteiger partial charge in [0.05, 0.1) is 23.1 Å². The van der Waals surface area contributed by atoms with Gasteiger partial charge in [0.25, 0.3) is 0 Å². The summed E-state index contributed by atoms with van der Waals surface area (Å²) in [6.07, 6.45) is 1.78. The molecule has 21 heavy (non-hydrogen) atoms. The number of hydrogen-bond donors (Lipinski definition) is 1. The number of benzene rings is 1. The molecule has 108 valence electrons. The van der Waals surface area contributed by atoms with Crippen molar-refractivity contribution in [1.29, 1.82) is 0 Å². The molecule has 2 heterocycles. The van der Waals surface area contributed by atoms with Crippen molar-refractivity contribution in [1.82, 2.24) is 19.7 Å². The standard InChI is InChI=1S/C16H19N5/c1-3-10-21-14-7-5-4-6-13(14)18-16(21)11-12-8-9-15(17-2)20-19-12/h4-9H,3,10-11H2,1-2H3,(H,17,20). The topological polar surface area (TPSA) is 55.6 Å². The zero-order valence-corrected chi connectivity index (χ0v) is 12.4. The fourth-order valence-corrected chi connectivity index (χ4v) is 2.48. The summed E-state index contributed by atoms with van der Waals surface area (Å²) < 4.78 is 2.28. The minimum atomic E-state index is 0.700. The number of aryl methyl sites for hydroxylation is 1. The lowest BCUT2D eigenvalue weighted by molar-refractivity contribution is 0.660. The number of nitrogens with one attached hydrogen (secondary N) is 1. The van der Waals surface area contributed by atoms with Gasteiger partial charge in [-0.25, -0.2) is 4.98 Å². The van der Waals surface area contributed by atoms with Gasteiger partial charge in [0.2, 0.25) is 0 Å². The minimum Gasteiger partial charge on any atom is -0.372 e. The van der Waals surface area contributed by atoms with Crippen LogP contribution in [-0.2, 0) is 13.0 Å². The van der Waals surface area contributed by atoms with E-state index < -0.39 is 0 Å². The highest BCUT2D eigenvalue weighted by atomic mass is 15.2. The maximum absolute atomic E-state index is 4.75. The average molecular weight is 281 g/mol. The molecule has 0 unspecified atom stereocenters. The van der Waals surface area contributed by atoms with E-state index in [1.54, 1.807) is 0 Å². The predicted molar refractivity (Wildman–Crippen MR) is 84.4 cm³/mol. The molecule has 0 atom stereocenters.